The maximum atomic E-state index is 5.42. The van der Waals surface area contributed by atoms with Crippen molar-refractivity contribution in [3.8, 4) is 0 Å². The van der Waals surface area contributed by atoms with Crippen molar-refractivity contribution in [3.63, 3.8) is 0 Å². The number of H-pyrrole nitrogens is 1. The molecule has 2 rings (SSSR count). The molecule has 0 saturated carbocycles. The van der Waals surface area contributed by atoms with Crippen molar-refractivity contribution in [2.45, 2.75) is 25.3 Å². The maximum Gasteiger partial charge on any atom is 0.239 e. The molecule has 1 aromatic heterocycles. The highest BCUT2D eigenvalue weighted by molar-refractivity contribution is 5.16. The van der Waals surface area contributed by atoms with Crippen LogP contribution >= 0.6 is 0 Å². The number of nitrogens with zero attached hydrogens (tertiary/aromatic N) is 2. The lowest BCUT2D eigenvalue weighted by Gasteiger charge is -2.10. The summed E-state index contributed by atoms with van der Waals surface area (Å²) >= 11 is 0. The van der Waals surface area contributed by atoms with Gasteiger partial charge in [-0.25, -0.2) is 0 Å². The van der Waals surface area contributed by atoms with Gasteiger partial charge in [0.05, 0.1) is 0 Å². The third-order valence-corrected chi connectivity index (χ3v) is 2.40. The molecule has 66 valence electrons. The minimum atomic E-state index is 0.337. The summed E-state index contributed by atoms with van der Waals surface area (Å²) in [4.78, 5) is 4.11. The molecule has 0 bridgehead atoms. The lowest BCUT2D eigenvalue weighted by Crippen LogP contribution is -2.22. The zero-order chi connectivity index (χ0) is 8.55. The molecule has 1 aliphatic rings. The Morgan fingerprint density at radius 2 is 2.42 bits per heavy atom. The van der Waals surface area contributed by atoms with Gasteiger partial charge in [0.25, 0.3) is 0 Å². The molecule has 1 saturated heterocycles. The average Bonchev–Trinajstić information content (AvgIpc) is 2.58. The topological polar surface area (TPSA) is 79.6 Å². The van der Waals surface area contributed by atoms with Crippen LogP contribution in [0.3, 0.4) is 0 Å². The molecule has 0 amide bonds. The van der Waals surface area contributed by atoms with E-state index in [9.17, 15) is 0 Å². The first-order valence-corrected chi connectivity index (χ1v) is 4.18. The zero-order valence-corrected chi connectivity index (χ0v) is 7.04. The molecule has 1 aromatic rings. The van der Waals surface area contributed by atoms with Crippen molar-refractivity contribution < 1.29 is 0 Å². The SMILES string of the molecule is CC1NCCC1c1nc(N)n[nH]1. The molecule has 5 heteroatoms. The first kappa shape index (κ1) is 7.54. The molecule has 1 fully saturated rings. The highest BCUT2D eigenvalue weighted by Gasteiger charge is 2.26. The summed E-state index contributed by atoms with van der Waals surface area (Å²) in [6, 6.07) is 0.470. The highest BCUT2D eigenvalue weighted by atomic mass is 15.3. The molecule has 5 nitrogen and oxygen atoms in total. The summed E-state index contributed by atoms with van der Waals surface area (Å²) in [5.74, 6) is 1.68. The number of anilines is 1. The zero-order valence-electron chi connectivity index (χ0n) is 7.04. The van der Waals surface area contributed by atoms with E-state index in [1.165, 1.54) is 0 Å². The van der Waals surface area contributed by atoms with Crippen molar-refractivity contribution >= 4 is 5.95 Å². The largest absolute Gasteiger partial charge is 0.367 e. The molecular weight excluding hydrogens is 154 g/mol. The molecule has 0 radical (unpaired) electrons. The van der Waals surface area contributed by atoms with Crippen LogP contribution in [0.4, 0.5) is 5.95 Å². The lowest BCUT2D eigenvalue weighted by molar-refractivity contribution is 0.570. The van der Waals surface area contributed by atoms with Gasteiger partial charge in [0, 0.05) is 12.0 Å². The summed E-state index contributed by atoms with van der Waals surface area (Å²) in [5.41, 5.74) is 5.42. The third kappa shape index (κ3) is 1.16. The quantitative estimate of drug-likeness (QED) is 0.543. The molecule has 4 N–H and O–H groups in total. The van der Waals surface area contributed by atoms with Crippen LogP contribution in [0.25, 0.3) is 0 Å². The van der Waals surface area contributed by atoms with E-state index >= 15 is 0 Å². The third-order valence-electron chi connectivity index (χ3n) is 2.40. The Hall–Kier alpha value is -1.10. The molecule has 0 aromatic carbocycles. The Morgan fingerprint density at radius 3 is 2.92 bits per heavy atom. The van der Waals surface area contributed by atoms with Crippen LogP contribution in [-0.4, -0.2) is 27.8 Å². The fourth-order valence-corrected chi connectivity index (χ4v) is 1.69. The number of nitrogen functional groups attached to an aromatic ring is 1. The fourth-order valence-electron chi connectivity index (χ4n) is 1.69. The number of hydrogen-bond acceptors (Lipinski definition) is 4. The van der Waals surface area contributed by atoms with E-state index in [0.717, 1.165) is 18.8 Å². The van der Waals surface area contributed by atoms with Gasteiger partial charge < -0.3 is 11.1 Å². The summed E-state index contributed by atoms with van der Waals surface area (Å²) in [5, 5.41) is 10.0. The van der Waals surface area contributed by atoms with Gasteiger partial charge in [-0.15, -0.1) is 5.10 Å². The van der Waals surface area contributed by atoms with E-state index in [4.69, 9.17) is 5.73 Å². The van der Waals surface area contributed by atoms with E-state index in [1.807, 2.05) is 0 Å². The Bertz CT molecular complexity index is 269. The van der Waals surface area contributed by atoms with E-state index in [0.29, 0.717) is 17.9 Å². The molecule has 0 spiro atoms. The standard InChI is InChI=1S/C7H13N5/c1-4-5(2-3-9-4)6-10-7(8)12-11-6/h4-5,9H,2-3H2,1H3,(H3,8,10,11,12). The van der Waals surface area contributed by atoms with Crippen molar-refractivity contribution in [2.75, 3.05) is 12.3 Å². The molecular formula is C7H13N5. The van der Waals surface area contributed by atoms with Gasteiger partial charge in [-0.1, -0.05) is 0 Å². The van der Waals surface area contributed by atoms with Crippen LogP contribution < -0.4 is 11.1 Å². The molecule has 0 aliphatic carbocycles. The Kier molecular flexibility index (Phi) is 1.73. The van der Waals surface area contributed by atoms with Crippen LogP contribution in [0.15, 0.2) is 0 Å². The minimum absolute atomic E-state index is 0.337. The Labute approximate surface area is 70.8 Å². The number of aromatic nitrogens is 3. The summed E-state index contributed by atoms with van der Waals surface area (Å²) < 4.78 is 0. The van der Waals surface area contributed by atoms with E-state index < -0.39 is 0 Å². The smallest absolute Gasteiger partial charge is 0.239 e. The van der Waals surface area contributed by atoms with Crippen LogP contribution in [0.1, 0.15) is 25.1 Å². The number of nitrogens with one attached hydrogen (secondary N) is 2. The lowest BCUT2D eigenvalue weighted by atomic mass is 10.0. The van der Waals surface area contributed by atoms with E-state index in [-0.39, 0.29) is 0 Å². The monoisotopic (exact) mass is 167 g/mol. The summed E-state index contributed by atoms with van der Waals surface area (Å²) in [7, 11) is 0. The molecule has 1 aliphatic heterocycles. The summed E-state index contributed by atoms with van der Waals surface area (Å²) in [6.45, 7) is 3.20. The highest BCUT2D eigenvalue weighted by Crippen LogP contribution is 2.24. The van der Waals surface area contributed by atoms with Gasteiger partial charge in [-0.05, 0) is 19.9 Å². The van der Waals surface area contributed by atoms with Gasteiger partial charge in [0.1, 0.15) is 5.82 Å². The molecule has 2 atom stereocenters. The Morgan fingerprint density at radius 1 is 1.58 bits per heavy atom. The van der Waals surface area contributed by atoms with Gasteiger partial charge >= 0.3 is 0 Å². The fraction of sp³-hybridized carbons (Fsp3) is 0.714. The van der Waals surface area contributed by atoms with Gasteiger partial charge in [-0.3, -0.25) is 5.10 Å². The Balaban J connectivity index is 2.19. The predicted molar refractivity (Wildman–Crippen MR) is 45.6 cm³/mol. The van der Waals surface area contributed by atoms with Gasteiger partial charge in [-0.2, -0.15) is 4.98 Å². The van der Waals surface area contributed by atoms with Crippen LogP contribution in [0.2, 0.25) is 0 Å². The average molecular weight is 167 g/mol. The predicted octanol–water partition coefficient (Wildman–Crippen LogP) is -0.148. The van der Waals surface area contributed by atoms with Crippen LogP contribution in [0.5, 0.6) is 0 Å². The normalized spacial score (nSPS) is 29.4. The number of rotatable bonds is 1. The van der Waals surface area contributed by atoms with Crippen LogP contribution in [-0.2, 0) is 0 Å². The van der Waals surface area contributed by atoms with Crippen molar-refractivity contribution in [1.29, 1.82) is 0 Å². The van der Waals surface area contributed by atoms with E-state index in [1.54, 1.807) is 0 Å². The van der Waals surface area contributed by atoms with Gasteiger partial charge in [0.2, 0.25) is 5.95 Å². The van der Waals surface area contributed by atoms with Gasteiger partial charge in [0.15, 0.2) is 0 Å². The maximum absolute atomic E-state index is 5.42. The summed E-state index contributed by atoms with van der Waals surface area (Å²) in [6.07, 6.45) is 1.11. The molecule has 12 heavy (non-hydrogen) atoms. The van der Waals surface area contributed by atoms with Crippen molar-refractivity contribution in [2.24, 2.45) is 0 Å². The second-order valence-electron chi connectivity index (χ2n) is 3.22. The first-order chi connectivity index (χ1) is 5.77. The van der Waals surface area contributed by atoms with Crippen molar-refractivity contribution in [3.05, 3.63) is 5.82 Å². The molecule has 2 unspecified atom stereocenters. The minimum Gasteiger partial charge on any atom is -0.367 e. The first-order valence-electron chi connectivity index (χ1n) is 4.18. The molecule has 2 heterocycles. The van der Waals surface area contributed by atoms with Crippen molar-refractivity contribution in [1.82, 2.24) is 20.5 Å². The number of aromatic amines is 1. The van der Waals surface area contributed by atoms with Crippen LogP contribution in [0, 0.1) is 0 Å². The second-order valence-corrected chi connectivity index (χ2v) is 3.22. The van der Waals surface area contributed by atoms with E-state index in [2.05, 4.69) is 27.4 Å². The second kappa shape index (κ2) is 2.75. The number of hydrogen-bond donors (Lipinski definition) is 3. The number of nitrogens with two attached hydrogens (primary N) is 1.